The molecule has 2 nitrogen and oxygen atoms in total. The molecule has 1 aromatic heterocycles. The summed E-state index contributed by atoms with van der Waals surface area (Å²) >= 11 is 1.47. The van der Waals surface area contributed by atoms with Crippen LogP contribution in [0.4, 0.5) is 17.1 Å². The number of para-hydroxylation sites is 2. The van der Waals surface area contributed by atoms with Gasteiger partial charge in [-0.05, 0) is 66.6 Å². The van der Waals surface area contributed by atoms with Gasteiger partial charge in [-0.25, -0.2) is 0 Å². The fourth-order valence-electron chi connectivity index (χ4n) is 5.84. The van der Waals surface area contributed by atoms with E-state index in [0.717, 1.165) is 35.5 Å². The van der Waals surface area contributed by atoms with E-state index in [1.54, 1.807) is 0 Å². The Morgan fingerprint density at radius 3 is 1.87 bits per heavy atom. The van der Waals surface area contributed by atoms with Gasteiger partial charge in [-0.3, -0.25) is 0 Å². The first-order valence-electron chi connectivity index (χ1n) is 12.9. The molecule has 0 amide bonds. The van der Waals surface area contributed by atoms with Gasteiger partial charge < -0.3 is 17.3 Å². The molecule has 0 N–H and O–H groups in total. The minimum absolute atomic E-state index is 0. The average Bonchev–Trinajstić information content (AvgIpc) is 3.28. The SMILES string of the molecule is CCC1(CC)c2cc(-c3ccccn3)[c-]cc2-c2ccc(N(c3ccccc3)c3ccccc3)cc21.[CH3-].[Cl][Ir+2]. The zero-order valence-electron chi connectivity index (χ0n) is 22.5. The molecule has 0 fully saturated rings. The van der Waals surface area contributed by atoms with Crippen molar-refractivity contribution >= 4 is 26.6 Å². The Balaban J connectivity index is 0.00000115. The molecule has 4 aromatic carbocycles. The zero-order chi connectivity index (χ0) is 26.5. The molecule has 1 heterocycles. The van der Waals surface area contributed by atoms with Crippen LogP contribution in [0.2, 0.25) is 0 Å². The van der Waals surface area contributed by atoms with Gasteiger partial charge in [0.25, 0.3) is 0 Å². The number of halogens is 1. The van der Waals surface area contributed by atoms with Crippen molar-refractivity contribution < 1.29 is 17.9 Å². The number of hydrogen-bond acceptors (Lipinski definition) is 2. The van der Waals surface area contributed by atoms with Crippen LogP contribution in [-0.2, 0) is 23.3 Å². The van der Waals surface area contributed by atoms with E-state index in [1.165, 1.54) is 45.8 Å². The third-order valence-electron chi connectivity index (χ3n) is 7.71. The van der Waals surface area contributed by atoms with Gasteiger partial charge in [-0.1, -0.05) is 79.6 Å². The van der Waals surface area contributed by atoms with Crippen molar-refractivity contribution in [3.8, 4) is 22.4 Å². The molecule has 0 saturated heterocycles. The topological polar surface area (TPSA) is 16.1 Å². The molecule has 0 aliphatic heterocycles. The second-order valence-corrected chi connectivity index (χ2v) is 9.41. The first kappa shape index (κ1) is 28.8. The Kier molecular flexibility index (Phi) is 9.40. The van der Waals surface area contributed by atoms with Crippen LogP contribution in [0.1, 0.15) is 37.8 Å². The van der Waals surface area contributed by atoms with E-state index in [-0.39, 0.29) is 12.8 Å². The summed E-state index contributed by atoms with van der Waals surface area (Å²) in [4.78, 5) is 6.94. The van der Waals surface area contributed by atoms with E-state index in [4.69, 9.17) is 0 Å². The van der Waals surface area contributed by atoms with Crippen LogP contribution in [0.15, 0.2) is 115 Å². The second kappa shape index (κ2) is 12.7. The molecule has 0 saturated carbocycles. The van der Waals surface area contributed by atoms with Gasteiger partial charge in [0.05, 0.1) is 0 Å². The predicted octanol–water partition coefficient (Wildman–Crippen LogP) is 10.2. The quantitative estimate of drug-likeness (QED) is 0.163. The number of benzene rings is 4. The Morgan fingerprint density at radius 1 is 0.718 bits per heavy atom. The third kappa shape index (κ3) is 5.20. The van der Waals surface area contributed by atoms with Gasteiger partial charge in [-0.2, -0.15) is 0 Å². The number of fused-ring (bicyclic) bond motifs is 3. The van der Waals surface area contributed by atoms with E-state index in [2.05, 4.69) is 136 Å². The van der Waals surface area contributed by atoms with E-state index in [1.807, 2.05) is 18.3 Å². The molecule has 6 rings (SSSR count). The minimum atomic E-state index is -0.0433. The van der Waals surface area contributed by atoms with Crippen LogP contribution in [0.5, 0.6) is 0 Å². The van der Waals surface area contributed by atoms with Crippen LogP contribution in [0.3, 0.4) is 0 Å². The molecule has 0 unspecified atom stereocenters. The standard InChI is InChI=1S/C34H29N2.CH3.ClH.Ir/c1-3-34(4-2)31-23-25(33-17-11-12-22-35-33)18-20-29(31)30-21-19-28(24-32(30)34)36(26-13-7-5-8-14-26)27-15-9-6-10-16-27;;;/h5-17,19-24H,3-4H2,1-2H3;1H3;1H;/q2*-1;;+3/p-1. The average molecular weight is 708 g/mol. The molecule has 0 spiro atoms. The second-order valence-electron chi connectivity index (χ2n) is 9.41. The van der Waals surface area contributed by atoms with Gasteiger partial charge in [0.15, 0.2) is 0 Å². The summed E-state index contributed by atoms with van der Waals surface area (Å²) in [5.74, 6) is 0. The molecular weight excluding hydrogens is 676 g/mol. The summed E-state index contributed by atoms with van der Waals surface area (Å²) in [6.45, 7) is 4.64. The molecule has 0 atom stereocenters. The van der Waals surface area contributed by atoms with Crippen LogP contribution in [0.25, 0.3) is 22.4 Å². The molecule has 198 valence electrons. The van der Waals surface area contributed by atoms with E-state index < -0.39 is 0 Å². The van der Waals surface area contributed by atoms with Gasteiger partial charge >= 0.3 is 27.5 Å². The number of pyridine rings is 1. The summed E-state index contributed by atoms with van der Waals surface area (Å²) in [7, 11) is 4.64. The normalized spacial score (nSPS) is 12.3. The number of nitrogens with zero attached hydrogens (tertiary/aromatic N) is 2. The Labute approximate surface area is 247 Å². The van der Waals surface area contributed by atoms with Gasteiger partial charge in [0, 0.05) is 28.7 Å². The van der Waals surface area contributed by atoms with E-state index in [9.17, 15) is 0 Å². The molecule has 1 aliphatic rings. The van der Waals surface area contributed by atoms with Crippen molar-refractivity contribution in [2.24, 2.45) is 0 Å². The van der Waals surface area contributed by atoms with Crippen LogP contribution in [0, 0.1) is 13.5 Å². The summed E-state index contributed by atoms with van der Waals surface area (Å²) < 4.78 is 0. The number of rotatable bonds is 6. The number of hydrogen-bond donors (Lipinski definition) is 0. The number of aromatic nitrogens is 1. The van der Waals surface area contributed by atoms with Crippen molar-refractivity contribution in [3.63, 3.8) is 0 Å². The van der Waals surface area contributed by atoms with Gasteiger partial charge in [0.2, 0.25) is 0 Å². The Bertz CT molecular complexity index is 1460. The molecule has 1 aliphatic carbocycles. The Hall–Kier alpha value is -3.23. The fraction of sp³-hybridized carbons (Fsp3) is 0.143. The Morgan fingerprint density at radius 2 is 1.31 bits per heavy atom. The van der Waals surface area contributed by atoms with Crippen molar-refractivity contribution in [2.75, 3.05) is 4.90 Å². The maximum absolute atomic E-state index is 4.64. The molecule has 5 aromatic rings. The van der Waals surface area contributed by atoms with Crippen LogP contribution >= 0.6 is 9.58 Å². The number of anilines is 3. The van der Waals surface area contributed by atoms with Gasteiger partial charge in [-0.15, -0.1) is 29.3 Å². The van der Waals surface area contributed by atoms with Crippen molar-refractivity contribution in [3.05, 3.63) is 140 Å². The van der Waals surface area contributed by atoms with Crippen molar-refractivity contribution in [2.45, 2.75) is 32.1 Å². The summed E-state index contributed by atoms with van der Waals surface area (Å²) in [5.41, 5.74) is 10.9. The third-order valence-corrected chi connectivity index (χ3v) is 7.71. The molecular formula is C35H32ClIrN2. The monoisotopic (exact) mass is 708 g/mol. The molecule has 0 radical (unpaired) electrons. The van der Waals surface area contributed by atoms with Gasteiger partial charge in [0.1, 0.15) is 0 Å². The first-order valence-corrected chi connectivity index (χ1v) is 15.9. The zero-order valence-corrected chi connectivity index (χ0v) is 25.6. The molecule has 39 heavy (non-hydrogen) atoms. The summed E-state index contributed by atoms with van der Waals surface area (Å²) in [6, 6.07) is 42.3. The summed E-state index contributed by atoms with van der Waals surface area (Å²) in [6.07, 6.45) is 3.93. The van der Waals surface area contributed by atoms with E-state index in [0.29, 0.717) is 0 Å². The predicted molar refractivity (Wildman–Crippen MR) is 162 cm³/mol. The van der Waals surface area contributed by atoms with E-state index >= 15 is 0 Å². The van der Waals surface area contributed by atoms with Crippen LogP contribution < -0.4 is 4.90 Å². The first-order chi connectivity index (χ1) is 18.7. The summed E-state index contributed by atoms with van der Waals surface area (Å²) in [5, 5.41) is 0. The van der Waals surface area contributed by atoms with Crippen LogP contribution in [-0.4, -0.2) is 4.98 Å². The van der Waals surface area contributed by atoms with Crippen molar-refractivity contribution in [1.29, 1.82) is 0 Å². The fourth-order valence-corrected chi connectivity index (χ4v) is 5.84. The molecule has 4 heteroatoms. The maximum atomic E-state index is 4.64. The van der Waals surface area contributed by atoms with Crippen molar-refractivity contribution in [1.82, 2.24) is 4.98 Å². The molecule has 0 bridgehead atoms.